The molecule has 1 unspecified atom stereocenters. The van der Waals surface area contributed by atoms with Gasteiger partial charge in [-0.3, -0.25) is 0 Å². The maximum atomic E-state index is 3.67. The molecule has 2 aromatic rings. The van der Waals surface area contributed by atoms with Crippen molar-refractivity contribution >= 4 is 15.9 Å². The number of benzene rings is 2. The molecule has 0 aliphatic carbocycles. The highest BCUT2D eigenvalue weighted by molar-refractivity contribution is 9.10. The van der Waals surface area contributed by atoms with Crippen molar-refractivity contribution in [3.63, 3.8) is 0 Å². The summed E-state index contributed by atoms with van der Waals surface area (Å²) < 4.78 is 1.16. The van der Waals surface area contributed by atoms with Gasteiger partial charge in [-0.05, 0) is 43.0 Å². The first-order valence-electron chi connectivity index (χ1n) is 7.71. The monoisotopic (exact) mass is 345 g/mol. The van der Waals surface area contributed by atoms with Crippen molar-refractivity contribution in [1.29, 1.82) is 0 Å². The fourth-order valence-electron chi connectivity index (χ4n) is 2.65. The van der Waals surface area contributed by atoms with Crippen molar-refractivity contribution in [1.82, 2.24) is 5.32 Å². The minimum Gasteiger partial charge on any atom is -0.304 e. The molecule has 2 heteroatoms. The van der Waals surface area contributed by atoms with Gasteiger partial charge in [0.15, 0.2) is 0 Å². The summed E-state index contributed by atoms with van der Waals surface area (Å²) in [7, 11) is 0. The average Bonchev–Trinajstić information content (AvgIpc) is 2.48. The van der Waals surface area contributed by atoms with E-state index in [2.05, 4.69) is 90.5 Å². The predicted molar refractivity (Wildman–Crippen MR) is 94.5 cm³/mol. The SMILES string of the molecule is CCCc1ccc(C(C)N[C@H](C)c2ccccc2Br)cc1. The van der Waals surface area contributed by atoms with Gasteiger partial charge in [0.05, 0.1) is 0 Å². The minimum atomic E-state index is 0.311. The Bertz CT molecular complexity index is 562. The number of hydrogen-bond donors (Lipinski definition) is 1. The van der Waals surface area contributed by atoms with Crippen LogP contribution in [-0.4, -0.2) is 0 Å². The van der Waals surface area contributed by atoms with Gasteiger partial charge in [0.2, 0.25) is 0 Å². The van der Waals surface area contributed by atoms with E-state index in [1.165, 1.54) is 23.1 Å². The smallest absolute Gasteiger partial charge is 0.0308 e. The van der Waals surface area contributed by atoms with Crippen LogP contribution in [0.4, 0.5) is 0 Å². The van der Waals surface area contributed by atoms with E-state index in [9.17, 15) is 0 Å². The van der Waals surface area contributed by atoms with E-state index in [1.54, 1.807) is 0 Å². The van der Waals surface area contributed by atoms with Crippen molar-refractivity contribution in [2.45, 2.75) is 45.7 Å². The summed E-state index contributed by atoms with van der Waals surface area (Å²) in [4.78, 5) is 0. The molecule has 0 saturated heterocycles. The lowest BCUT2D eigenvalue weighted by Gasteiger charge is -2.22. The fourth-order valence-corrected chi connectivity index (χ4v) is 3.28. The summed E-state index contributed by atoms with van der Waals surface area (Å²) in [5.41, 5.74) is 4.06. The lowest BCUT2D eigenvalue weighted by atomic mass is 10.0. The van der Waals surface area contributed by atoms with E-state index in [0.29, 0.717) is 12.1 Å². The first kappa shape index (κ1) is 16.3. The molecule has 2 atom stereocenters. The molecular formula is C19H24BrN. The van der Waals surface area contributed by atoms with Gasteiger partial charge in [-0.2, -0.15) is 0 Å². The van der Waals surface area contributed by atoms with Crippen LogP contribution in [0.5, 0.6) is 0 Å². The Morgan fingerprint density at radius 2 is 1.62 bits per heavy atom. The molecule has 0 amide bonds. The van der Waals surface area contributed by atoms with Crippen LogP contribution in [0.2, 0.25) is 0 Å². The Balaban J connectivity index is 2.03. The third kappa shape index (κ3) is 4.42. The molecule has 0 bridgehead atoms. The fraction of sp³-hybridized carbons (Fsp3) is 0.368. The van der Waals surface area contributed by atoms with Gasteiger partial charge in [-0.25, -0.2) is 0 Å². The molecule has 21 heavy (non-hydrogen) atoms. The van der Waals surface area contributed by atoms with E-state index in [-0.39, 0.29) is 0 Å². The van der Waals surface area contributed by atoms with Crippen molar-refractivity contribution in [3.8, 4) is 0 Å². The molecule has 0 aromatic heterocycles. The van der Waals surface area contributed by atoms with Gasteiger partial charge in [0, 0.05) is 16.6 Å². The molecule has 0 aliphatic heterocycles. The maximum absolute atomic E-state index is 3.67. The lowest BCUT2D eigenvalue weighted by Crippen LogP contribution is -2.22. The van der Waals surface area contributed by atoms with E-state index < -0.39 is 0 Å². The molecule has 0 heterocycles. The summed E-state index contributed by atoms with van der Waals surface area (Å²) >= 11 is 3.63. The highest BCUT2D eigenvalue weighted by atomic mass is 79.9. The van der Waals surface area contributed by atoms with E-state index in [4.69, 9.17) is 0 Å². The second kappa shape index (κ2) is 7.77. The zero-order chi connectivity index (χ0) is 15.2. The second-order valence-electron chi connectivity index (χ2n) is 5.62. The summed E-state index contributed by atoms with van der Waals surface area (Å²) in [5.74, 6) is 0. The predicted octanol–water partition coefficient (Wildman–Crippen LogP) is 5.81. The topological polar surface area (TPSA) is 12.0 Å². The minimum absolute atomic E-state index is 0.311. The molecule has 1 N–H and O–H groups in total. The zero-order valence-corrected chi connectivity index (χ0v) is 14.7. The zero-order valence-electron chi connectivity index (χ0n) is 13.1. The first-order chi connectivity index (χ1) is 10.1. The van der Waals surface area contributed by atoms with Gasteiger partial charge in [-0.15, -0.1) is 0 Å². The van der Waals surface area contributed by atoms with Crippen molar-refractivity contribution < 1.29 is 0 Å². The van der Waals surface area contributed by atoms with Crippen LogP contribution in [0.15, 0.2) is 53.0 Å². The largest absolute Gasteiger partial charge is 0.304 e. The summed E-state index contributed by atoms with van der Waals surface area (Å²) in [6.45, 7) is 6.65. The third-order valence-corrected chi connectivity index (χ3v) is 4.61. The lowest BCUT2D eigenvalue weighted by molar-refractivity contribution is 0.493. The molecule has 0 saturated carbocycles. The molecule has 0 radical (unpaired) electrons. The van der Waals surface area contributed by atoms with Crippen LogP contribution in [0.3, 0.4) is 0 Å². The maximum Gasteiger partial charge on any atom is 0.0308 e. The van der Waals surface area contributed by atoms with Crippen LogP contribution in [0.25, 0.3) is 0 Å². The molecule has 0 spiro atoms. The van der Waals surface area contributed by atoms with Gasteiger partial charge < -0.3 is 5.32 Å². The van der Waals surface area contributed by atoms with Crippen LogP contribution in [0.1, 0.15) is 56.0 Å². The Kier molecular flexibility index (Phi) is 6.01. The first-order valence-corrected chi connectivity index (χ1v) is 8.50. The normalized spacial score (nSPS) is 13.9. The van der Waals surface area contributed by atoms with E-state index in [0.717, 1.165) is 10.9 Å². The second-order valence-corrected chi connectivity index (χ2v) is 6.48. The van der Waals surface area contributed by atoms with Gasteiger partial charge in [0.1, 0.15) is 0 Å². The van der Waals surface area contributed by atoms with Gasteiger partial charge >= 0.3 is 0 Å². The Hall–Kier alpha value is -1.12. The molecular weight excluding hydrogens is 322 g/mol. The Labute approximate surface area is 136 Å². The molecule has 112 valence electrons. The van der Waals surface area contributed by atoms with Crippen LogP contribution < -0.4 is 5.32 Å². The van der Waals surface area contributed by atoms with Crippen LogP contribution in [0, 0.1) is 0 Å². The van der Waals surface area contributed by atoms with Crippen LogP contribution in [-0.2, 0) is 6.42 Å². The highest BCUT2D eigenvalue weighted by Crippen LogP contribution is 2.25. The number of aryl methyl sites for hydroxylation is 1. The van der Waals surface area contributed by atoms with E-state index >= 15 is 0 Å². The molecule has 1 nitrogen and oxygen atoms in total. The average molecular weight is 346 g/mol. The molecule has 2 aromatic carbocycles. The number of halogens is 1. The number of nitrogens with one attached hydrogen (secondary N) is 1. The van der Waals surface area contributed by atoms with Crippen LogP contribution >= 0.6 is 15.9 Å². The number of hydrogen-bond acceptors (Lipinski definition) is 1. The van der Waals surface area contributed by atoms with Gasteiger partial charge in [0.25, 0.3) is 0 Å². The quantitative estimate of drug-likeness (QED) is 0.696. The Morgan fingerprint density at radius 3 is 2.24 bits per heavy atom. The molecule has 0 fully saturated rings. The third-order valence-electron chi connectivity index (χ3n) is 3.89. The highest BCUT2D eigenvalue weighted by Gasteiger charge is 2.13. The molecule has 0 aliphatic rings. The van der Waals surface area contributed by atoms with Crippen molar-refractivity contribution in [2.75, 3.05) is 0 Å². The standard InChI is InChI=1S/C19H24BrN/c1-4-7-16-10-12-17(13-11-16)14(2)21-15(3)18-8-5-6-9-19(18)20/h5-6,8-15,21H,4,7H2,1-3H3/t14?,15-/m1/s1. The summed E-state index contributed by atoms with van der Waals surface area (Å²) in [5, 5.41) is 3.67. The van der Waals surface area contributed by atoms with Gasteiger partial charge in [-0.1, -0.05) is 71.7 Å². The number of rotatable bonds is 6. The summed E-state index contributed by atoms with van der Waals surface area (Å²) in [6, 6.07) is 18.0. The van der Waals surface area contributed by atoms with E-state index in [1.807, 2.05) is 0 Å². The van der Waals surface area contributed by atoms with Crippen molar-refractivity contribution in [2.24, 2.45) is 0 Å². The van der Waals surface area contributed by atoms with Crippen molar-refractivity contribution in [3.05, 3.63) is 69.7 Å². The Morgan fingerprint density at radius 1 is 0.952 bits per heavy atom. The summed E-state index contributed by atoms with van der Waals surface area (Å²) in [6.07, 6.45) is 2.36. The molecule has 2 rings (SSSR count).